The van der Waals surface area contributed by atoms with Crippen LogP contribution in [0.15, 0.2) is 30.3 Å². The van der Waals surface area contributed by atoms with E-state index < -0.39 is 28.1 Å². The van der Waals surface area contributed by atoms with E-state index in [1.807, 2.05) is 29.2 Å². The molecule has 10 nitrogen and oxygen atoms in total. The third-order valence-electron chi connectivity index (χ3n) is 6.25. The topological polar surface area (TPSA) is 138 Å². The number of fused-ring (bicyclic) bond motifs is 1. The first-order valence-electron chi connectivity index (χ1n) is 10.9. The number of anilines is 1. The number of sulfone groups is 1. The zero-order chi connectivity index (χ0) is 24.0. The monoisotopic (exact) mass is 508 g/mol. The summed E-state index contributed by atoms with van der Waals surface area (Å²) in [5, 5.41) is 19.3. The summed E-state index contributed by atoms with van der Waals surface area (Å²) < 4.78 is 34.5. The number of aromatic nitrogens is 3. The van der Waals surface area contributed by atoms with Crippen LogP contribution < -0.4 is 9.64 Å². The summed E-state index contributed by atoms with van der Waals surface area (Å²) in [4.78, 5) is 14.0. The molecule has 0 unspecified atom stereocenters. The van der Waals surface area contributed by atoms with Crippen LogP contribution in [0.5, 0.6) is 6.01 Å². The van der Waals surface area contributed by atoms with Gasteiger partial charge in [0.1, 0.15) is 12.2 Å². The maximum Gasteiger partial charge on any atom is 0.296 e. The number of aliphatic hydroxyl groups excluding tert-OH is 2. The van der Waals surface area contributed by atoms with Crippen LogP contribution in [0.2, 0.25) is 5.02 Å². The maximum absolute atomic E-state index is 11.6. The largest absolute Gasteiger partial charge is 0.459 e. The lowest BCUT2D eigenvalue weighted by molar-refractivity contribution is -0.131. The Kier molecular flexibility index (Phi) is 6.15. The number of hydrogen-bond acceptors (Lipinski definition) is 9. The van der Waals surface area contributed by atoms with Crippen molar-refractivity contribution in [3.8, 4) is 17.3 Å². The van der Waals surface area contributed by atoms with Gasteiger partial charge in [0.15, 0.2) is 15.5 Å². The molecule has 182 valence electrons. The van der Waals surface area contributed by atoms with Crippen LogP contribution in [0, 0.1) is 0 Å². The molecule has 0 aliphatic carbocycles. The Bertz CT molecular complexity index is 1290. The van der Waals surface area contributed by atoms with E-state index in [1.165, 1.54) is 6.26 Å². The molecule has 34 heavy (non-hydrogen) atoms. The molecule has 3 atom stereocenters. The standard InChI is InChI=1S/C22H25ClN4O6S/c1-34(30,31)15-8-27(9-15)13-4-2-12(3-5-13)20-16(23)7-17-21(25-20)26-22(24-17)33-14-6-18(29)19(10-28)32-11-14/h2-5,7,14-15,18-19,28-29H,6,8-11H2,1H3,(H,24,25,26)/t14-,18+,19-/m1/s1. The molecular weight excluding hydrogens is 484 g/mol. The summed E-state index contributed by atoms with van der Waals surface area (Å²) in [6.07, 6.45) is -0.247. The van der Waals surface area contributed by atoms with Crippen molar-refractivity contribution in [1.29, 1.82) is 0 Å². The van der Waals surface area contributed by atoms with Gasteiger partial charge in [-0.3, -0.25) is 0 Å². The molecule has 2 saturated heterocycles. The summed E-state index contributed by atoms with van der Waals surface area (Å²) >= 11 is 6.50. The van der Waals surface area contributed by atoms with Crippen LogP contribution >= 0.6 is 11.6 Å². The zero-order valence-electron chi connectivity index (χ0n) is 18.4. The third kappa shape index (κ3) is 4.58. The molecule has 2 aliphatic rings. The molecule has 3 aromatic rings. The van der Waals surface area contributed by atoms with Gasteiger partial charge in [-0.25, -0.2) is 13.4 Å². The molecule has 1 aromatic carbocycles. The van der Waals surface area contributed by atoms with Gasteiger partial charge in [-0.1, -0.05) is 23.7 Å². The fourth-order valence-electron chi connectivity index (χ4n) is 4.15. The molecule has 2 aliphatic heterocycles. The number of nitrogens with zero attached hydrogens (tertiary/aromatic N) is 3. The number of benzene rings is 1. The molecule has 2 aromatic heterocycles. The smallest absolute Gasteiger partial charge is 0.296 e. The molecular formula is C22H25ClN4O6S. The SMILES string of the molecule is CS(=O)(=O)C1CN(c2ccc(-c3nc4nc(O[C@H]5CO[C@H](CO)[C@@H](O)C5)[nH]c4cc3Cl)cc2)C1. The number of aromatic amines is 1. The Labute approximate surface area is 201 Å². The molecule has 5 rings (SSSR count). The van der Waals surface area contributed by atoms with Crippen molar-refractivity contribution in [3.05, 3.63) is 35.4 Å². The number of rotatable bonds is 6. The van der Waals surface area contributed by atoms with Crippen LogP contribution in [0.3, 0.4) is 0 Å². The average molecular weight is 509 g/mol. The number of H-pyrrole nitrogens is 1. The Morgan fingerprint density at radius 1 is 1.26 bits per heavy atom. The van der Waals surface area contributed by atoms with E-state index in [0.29, 0.717) is 41.4 Å². The highest BCUT2D eigenvalue weighted by Crippen LogP contribution is 2.32. The molecule has 0 radical (unpaired) electrons. The fourth-order valence-corrected chi connectivity index (χ4v) is 5.31. The van der Waals surface area contributed by atoms with Gasteiger partial charge in [0.2, 0.25) is 0 Å². The Morgan fingerprint density at radius 3 is 2.65 bits per heavy atom. The van der Waals surface area contributed by atoms with E-state index in [0.717, 1.165) is 11.3 Å². The van der Waals surface area contributed by atoms with Gasteiger partial charge >= 0.3 is 0 Å². The number of aliphatic hydroxyl groups is 2. The van der Waals surface area contributed by atoms with Gasteiger partial charge < -0.3 is 29.6 Å². The van der Waals surface area contributed by atoms with Crippen LogP contribution in [-0.2, 0) is 14.6 Å². The third-order valence-corrected chi connectivity index (χ3v) is 8.05. The van der Waals surface area contributed by atoms with E-state index in [1.54, 1.807) is 6.07 Å². The highest BCUT2D eigenvalue weighted by molar-refractivity contribution is 7.91. The molecule has 4 heterocycles. The van der Waals surface area contributed by atoms with E-state index in [-0.39, 0.29) is 24.5 Å². The average Bonchev–Trinajstić information content (AvgIpc) is 3.12. The van der Waals surface area contributed by atoms with Crippen molar-refractivity contribution in [3.63, 3.8) is 0 Å². The molecule has 0 saturated carbocycles. The number of nitrogens with one attached hydrogen (secondary N) is 1. The first-order valence-corrected chi connectivity index (χ1v) is 13.2. The Balaban J connectivity index is 1.30. The minimum Gasteiger partial charge on any atom is -0.459 e. The zero-order valence-corrected chi connectivity index (χ0v) is 20.0. The van der Waals surface area contributed by atoms with Gasteiger partial charge in [0, 0.05) is 37.0 Å². The van der Waals surface area contributed by atoms with Gasteiger partial charge in [-0.2, -0.15) is 4.98 Å². The van der Waals surface area contributed by atoms with E-state index in [2.05, 4.69) is 15.0 Å². The lowest BCUT2D eigenvalue weighted by atomic mass is 10.0. The van der Waals surface area contributed by atoms with Crippen LogP contribution in [0.4, 0.5) is 5.69 Å². The maximum atomic E-state index is 11.6. The van der Waals surface area contributed by atoms with Crippen LogP contribution in [0.25, 0.3) is 22.4 Å². The highest BCUT2D eigenvalue weighted by atomic mass is 35.5. The minimum atomic E-state index is -3.02. The lowest BCUT2D eigenvalue weighted by Crippen LogP contribution is -2.54. The summed E-state index contributed by atoms with van der Waals surface area (Å²) in [7, 11) is -3.02. The molecule has 12 heteroatoms. The fraction of sp³-hybridized carbons (Fsp3) is 0.455. The van der Waals surface area contributed by atoms with Gasteiger partial charge in [-0.05, 0) is 18.2 Å². The summed E-state index contributed by atoms with van der Waals surface area (Å²) in [6.45, 7) is 0.961. The van der Waals surface area contributed by atoms with Crippen LogP contribution in [-0.4, -0.2) is 89.7 Å². The van der Waals surface area contributed by atoms with Crippen molar-refractivity contribution in [1.82, 2.24) is 15.0 Å². The molecule has 0 bridgehead atoms. The summed E-state index contributed by atoms with van der Waals surface area (Å²) in [5.41, 5.74) is 3.36. The number of imidazole rings is 1. The predicted molar refractivity (Wildman–Crippen MR) is 127 cm³/mol. The van der Waals surface area contributed by atoms with Gasteiger partial charge in [0.05, 0.1) is 40.8 Å². The molecule has 2 fully saturated rings. The normalized spacial score (nSPS) is 23.8. The second kappa shape index (κ2) is 8.97. The van der Waals surface area contributed by atoms with E-state index in [4.69, 9.17) is 21.1 Å². The van der Waals surface area contributed by atoms with Gasteiger partial charge in [0.25, 0.3) is 6.01 Å². The predicted octanol–water partition coefficient (Wildman–Crippen LogP) is 1.40. The van der Waals surface area contributed by atoms with Crippen LogP contribution in [0.1, 0.15) is 6.42 Å². The minimum absolute atomic E-state index is 0.229. The second-order valence-corrected chi connectivity index (χ2v) is 11.5. The number of hydrogen-bond donors (Lipinski definition) is 3. The molecule has 0 spiro atoms. The van der Waals surface area contributed by atoms with Crippen molar-refractivity contribution >= 4 is 38.3 Å². The first-order chi connectivity index (χ1) is 16.2. The number of halogens is 1. The summed E-state index contributed by atoms with van der Waals surface area (Å²) in [6, 6.07) is 9.60. The van der Waals surface area contributed by atoms with Crippen molar-refractivity contribution in [2.75, 3.05) is 37.5 Å². The number of pyridine rings is 1. The Hall–Kier alpha value is -2.44. The van der Waals surface area contributed by atoms with Crippen molar-refractivity contribution in [2.45, 2.75) is 30.0 Å². The summed E-state index contributed by atoms with van der Waals surface area (Å²) in [5.74, 6) is 0. The van der Waals surface area contributed by atoms with E-state index in [9.17, 15) is 18.6 Å². The molecule has 0 amide bonds. The van der Waals surface area contributed by atoms with Crippen molar-refractivity contribution < 1.29 is 28.1 Å². The van der Waals surface area contributed by atoms with Gasteiger partial charge in [-0.15, -0.1) is 0 Å². The first kappa shape index (κ1) is 23.3. The second-order valence-electron chi connectivity index (χ2n) is 8.73. The lowest BCUT2D eigenvalue weighted by Gasteiger charge is -2.39. The van der Waals surface area contributed by atoms with E-state index >= 15 is 0 Å². The Morgan fingerprint density at radius 2 is 2.00 bits per heavy atom. The highest BCUT2D eigenvalue weighted by Gasteiger charge is 2.34. The van der Waals surface area contributed by atoms with Crippen molar-refractivity contribution in [2.24, 2.45) is 0 Å². The molecule has 3 N–H and O–H groups in total. The quantitative estimate of drug-likeness (QED) is 0.451. The number of ether oxygens (including phenoxy) is 2.